The standard InChI is InChI=1S/C14H23N3O/c1-10-8-17(9-12(10)16(2)3)11-6-5-7-13(18-4)14(11)15/h5-7,10,12H,8-9,15H2,1-4H3. The fraction of sp³-hybridized carbons (Fsp3) is 0.571. The van der Waals surface area contributed by atoms with E-state index in [-0.39, 0.29) is 0 Å². The van der Waals surface area contributed by atoms with Crippen LogP contribution in [-0.4, -0.2) is 45.2 Å². The van der Waals surface area contributed by atoms with Gasteiger partial charge in [-0.2, -0.15) is 0 Å². The lowest BCUT2D eigenvalue weighted by Gasteiger charge is -2.24. The second kappa shape index (κ2) is 5.06. The molecule has 1 saturated heterocycles. The van der Waals surface area contributed by atoms with E-state index >= 15 is 0 Å². The molecule has 1 fully saturated rings. The first kappa shape index (κ1) is 13.0. The summed E-state index contributed by atoms with van der Waals surface area (Å²) in [6.45, 7) is 4.35. The van der Waals surface area contributed by atoms with E-state index in [2.05, 4.69) is 36.9 Å². The maximum atomic E-state index is 6.16. The van der Waals surface area contributed by atoms with Crippen LogP contribution in [0.3, 0.4) is 0 Å². The number of para-hydroxylation sites is 1. The van der Waals surface area contributed by atoms with Gasteiger partial charge in [-0.25, -0.2) is 0 Å². The molecule has 0 radical (unpaired) electrons. The van der Waals surface area contributed by atoms with Crippen molar-refractivity contribution in [2.75, 3.05) is 44.9 Å². The molecule has 2 atom stereocenters. The highest BCUT2D eigenvalue weighted by molar-refractivity contribution is 5.74. The highest BCUT2D eigenvalue weighted by atomic mass is 16.5. The van der Waals surface area contributed by atoms with Gasteiger partial charge < -0.3 is 20.3 Å². The fourth-order valence-corrected chi connectivity index (χ4v) is 2.80. The van der Waals surface area contributed by atoms with Gasteiger partial charge in [-0.1, -0.05) is 13.0 Å². The lowest BCUT2D eigenvalue weighted by atomic mass is 10.1. The first-order chi connectivity index (χ1) is 8.54. The molecule has 1 aromatic carbocycles. The van der Waals surface area contributed by atoms with Crippen LogP contribution >= 0.6 is 0 Å². The second-order valence-electron chi connectivity index (χ2n) is 5.31. The Morgan fingerprint density at radius 2 is 2.06 bits per heavy atom. The number of benzene rings is 1. The number of anilines is 2. The van der Waals surface area contributed by atoms with Gasteiger partial charge in [0.2, 0.25) is 0 Å². The quantitative estimate of drug-likeness (QED) is 0.827. The van der Waals surface area contributed by atoms with Crippen molar-refractivity contribution in [1.82, 2.24) is 4.90 Å². The van der Waals surface area contributed by atoms with Gasteiger partial charge in [0.25, 0.3) is 0 Å². The smallest absolute Gasteiger partial charge is 0.143 e. The van der Waals surface area contributed by atoms with E-state index in [4.69, 9.17) is 10.5 Å². The fourth-order valence-electron chi connectivity index (χ4n) is 2.80. The van der Waals surface area contributed by atoms with Crippen LogP contribution in [0.25, 0.3) is 0 Å². The Morgan fingerprint density at radius 3 is 2.61 bits per heavy atom. The third kappa shape index (κ3) is 2.25. The van der Waals surface area contributed by atoms with Crippen molar-refractivity contribution in [2.24, 2.45) is 5.92 Å². The lowest BCUT2D eigenvalue weighted by Crippen LogP contribution is -2.34. The van der Waals surface area contributed by atoms with Crippen molar-refractivity contribution < 1.29 is 4.74 Å². The van der Waals surface area contributed by atoms with Gasteiger partial charge in [0, 0.05) is 19.1 Å². The van der Waals surface area contributed by atoms with E-state index in [0.29, 0.717) is 12.0 Å². The first-order valence-corrected chi connectivity index (χ1v) is 6.38. The van der Waals surface area contributed by atoms with Crippen LogP contribution in [0.2, 0.25) is 0 Å². The number of nitrogen functional groups attached to an aromatic ring is 1. The van der Waals surface area contributed by atoms with Gasteiger partial charge in [-0.3, -0.25) is 0 Å². The number of methoxy groups -OCH3 is 1. The van der Waals surface area contributed by atoms with Crippen LogP contribution in [-0.2, 0) is 0 Å². The normalized spacial score (nSPS) is 23.7. The molecule has 0 saturated carbocycles. The average molecular weight is 249 g/mol. The molecule has 0 amide bonds. The molecule has 18 heavy (non-hydrogen) atoms. The van der Waals surface area contributed by atoms with Gasteiger partial charge in [0.15, 0.2) is 0 Å². The lowest BCUT2D eigenvalue weighted by molar-refractivity contribution is 0.266. The van der Waals surface area contributed by atoms with Gasteiger partial charge in [0.1, 0.15) is 5.75 Å². The Kier molecular flexibility index (Phi) is 3.66. The maximum absolute atomic E-state index is 6.16. The number of hydrogen-bond acceptors (Lipinski definition) is 4. The molecular formula is C14H23N3O. The summed E-state index contributed by atoms with van der Waals surface area (Å²) < 4.78 is 5.28. The van der Waals surface area contributed by atoms with E-state index in [9.17, 15) is 0 Å². The summed E-state index contributed by atoms with van der Waals surface area (Å²) in [6, 6.07) is 6.55. The van der Waals surface area contributed by atoms with Gasteiger partial charge >= 0.3 is 0 Å². The van der Waals surface area contributed by atoms with Crippen LogP contribution in [0.1, 0.15) is 6.92 Å². The number of hydrogen-bond donors (Lipinski definition) is 1. The molecular weight excluding hydrogens is 226 g/mol. The number of likely N-dealkylation sites (N-methyl/N-ethyl adjacent to an activating group) is 1. The largest absolute Gasteiger partial charge is 0.495 e. The van der Waals surface area contributed by atoms with E-state index in [1.54, 1.807) is 7.11 Å². The maximum Gasteiger partial charge on any atom is 0.143 e. The van der Waals surface area contributed by atoms with E-state index < -0.39 is 0 Å². The first-order valence-electron chi connectivity index (χ1n) is 6.38. The van der Waals surface area contributed by atoms with Crippen molar-refractivity contribution >= 4 is 11.4 Å². The monoisotopic (exact) mass is 249 g/mol. The number of nitrogens with two attached hydrogens (primary N) is 1. The van der Waals surface area contributed by atoms with Gasteiger partial charge in [-0.05, 0) is 32.1 Å². The zero-order valence-corrected chi connectivity index (χ0v) is 11.7. The van der Waals surface area contributed by atoms with Crippen LogP contribution in [0, 0.1) is 5.92 Å². The summed E-state index contributed by atoms with van der Waals surface area (Å²) in [5.74, 6) is 1.40. The molecule has 4 heteroatoms. The number of ether oxygens (including phenoxy) is 1. The van der Waals surface area contributed by atoms with Crippen LogP contribution < -0.4 is 15.4 Å². The molecule has 1 aliphatic heterocycles. The zero-order chi connectivity index (χ0) is 13.3. The molecule has 100 valence electrons. The van der Waals surface area contributed by atoms with E-state index in [1.807, 2.05) is 12.1 Å². The molecule has 0 aliphatic carbocycles. The molecule has 2 N–H and O–H groups in total. The molecule has 1 aromatic rings. The third-order valence-corrected chi connectivity index (χ3v) is 3.84. The molecule has 4 nitrogen and oxygen atoms in total. The predicted molar refractivity (Wildman–Crippen MR) is 76.3 cm³/mol. The van der Waals surface area contributed by atoms with Crippen LogP contribution in [0.5, 0.6) is 5.75 Å². The SMILES string of the molecule is COc1cccc(N2CC(C)C(N(C)C)C2)c1N. The van der Waals surface area contributed by atoms with Crippen molar-refractivity contribution in [1.29, 1.82) is 0 Å². The average Bonchev–Trinajstić information content (AvgIpc) is 2.71. The predicted octanol–water partition coefficient (Wildman–Crippen LogP) is 1.66. The zero-order valence-electron chi connectivity index (χ0n) is 11.7. The van der Waals surface area contributed by atoms with Crippen LogP contribution in [0.4, 0.5) is 11.4 Å². The highest BCUT2D eigenvalue weighted by Gasteiger charge is 2.32. The number of nitrogens with zero attached hydrogens (tertiary/aromatic N) is 2. The minimum Gasteiger partial charge on any atom is -0.495 e. The summed E-state index contributed by atoms with van der Waals surface area (Å²) in [5.41, 5.74) is 7.99. The third-order valence-electron chi connectivity index (χ3n) is 3.84. The summed E-state index contributed by atoms with van der Waals surface area (Å²) >= 11 is 0. The Balaban J connectivity index is 2.24. The summed E-state index contributed by atoms with van der Waals surface area (Å²) in [5, 5.41) is 0. The Bertz CT molecular complexity index is 420. The molecule has 0 spiro atoms. The number of rotatable bonds is 3. The Morgan fingerprint density at radius 1 is 1.33 bits per heavy atom. The van der Waals surface area contributed by atoms with Gasteiger partial charge in [0.05, 0.1) is 18.5 Å². The molecule has 0 aromatic heterocycles. The van der Waals surface area contributed by atoms with E-state index in [0.717, 1.165) is 30.2 Å². The summed E-state index contributed by atoms with van der Waals surface area (Å²) in [4.78, 5) is 4.65. The molecule has 2 rings (SSSR count). The highest BCUT2D eigenvalue weighted by Crippen LogP contribution is 2.35. The molecule has 1 aliphatic rings. The Hall–Kier alpha value is -1.42. The van der Waals surface area contributed by atoms with Gasteiger partial charge in [-0.15, -0.1) is 0 Å². The summed E-state index contributed by atoms with van der Waals surface area (Å²) in [6.07, 6.45) is 0. The van der Waals surface area contributed by atoms with Crippen molar-refractivity contribution in [3.63, 3.8) is 0 Å². The van der Waals surface area contributed by atoms with Crippen molar-refractivity contribution in [2.45, 2.75) is 13.0 Å². The molecule has 1 heterocycles. The minimum absolute atomic E-state index is 0.579. The van der Waals surface area contributed by atoms with E-state index in [1.165, 1.54) is 0 Å². The summed E-state index contributed by atoms with van der Waals surface area (Å²) in [7, 11) is 5.93. The van der Waals surface area contributed by atoms with Crippen LogP contribution in [0.15, 0.2) is 18.2 Å². The molecule has 2 unspecified atom stereocenters. The van der Waals surface area contributed by atoms with Crippen molar-refractivity contribution in [3.8, 4) is 5.75 Å². The second-order valence-corrected chi connectivity index (χ2v) is 5.31. The van der Waals surface area contributed by atoms with Crippen molar-refractivity contribution in [3.05, 3.63) is 18.2 Å². The Labute approximate surface area is 109 Å². The minimum atomic E-state index is 0.579. The topological polar surface area (TPSA) is 41.7 Å². The molecule has 0 bridgehead atoms.